The van der Waals surface area contributed by atoms with Crippen molar-refractivity contribution in [3.63, 3.8) is 0 Å². The molecule has 4 amide bonds. The molecule has 164 valence electrons. The molecule has 1 saturated heterocycles. The smallest absolute Gasteiger partial charge is 0.325 e. The predicted octanol–water partition coefficient (Wildman–Crippen LogP) is 3.74. The van der Waals surface area contributed by atoms with E-state index in [4.69, 9.17) is 0 Å². The molecule has 0 saturated carbocycles. The zero-order valence-corrected chi connectivity index (χ0v) is 18.3. The van der Waals surface area contributed by atoms with Gasteiger partial charge in [-0.2, -0.15) is 0 Å². The van der Waals surface area contributed by atoms with Gasteiger partial charge in [0.05, 0.1) is 0 Å². The Labute approximate surface area is 187 Å². The second-order valence-electron chi connectivity index (χ2n) is 8.50. The number of hydrogen-bond acceptors (Lipinski definition) is 3. The number of fused-ring (bicyclic) bond motifs is 1. The van der Waals surface area contributed by atoms with E-state index in [1.165, 1.54) is 5.56 Å². The molecule has 0 aliphatic carbocycles. The molecule has 0 aromatic heterocycles. The highest BCUT2D eigenvalue weighted by Crippen LogP contribution is 2.30. The van der Waals surface area contributed by atoms with Gasteiger partial charge in [0.2, 0.25) is 5.91 Å². The zero-order valence-electron chi connectivity index (χ0n) is 18.3. The van der Waals surface area contributed by atoms with E-state index in [1.807, 2.05) is 67.6 Å². The lowest BCUT2D eigenvalue weighted by atomic mass is 9.90. The molecule has 3 aromatic rings. The second-order valence-corrected chi connectivity index (χ2v) is 8.50. The van der Waals surface area contributed by atoms with Crippen LogP contribution in [0.15, 0.2) is 72.8 Å². The number of hydrogen-bond donors (Lipinski definition) is 2. The van der Waals surface area contributed by atoms with Crippen molar-refractivity contribution in [2.24, 2.45) is 0 Å². The zero-order chi connectivity index (χ0) is 22.7. The normalized spacial score (nSPS) is 19.1. The first-order valence-corrected chi connectivity index (χ1v) is 10.8. The summed E-state index contributed by atoms with van der Waals surface area (Å²) < 4.78 is 0. The van der Waals surface area contributed by atoms with Gasteiger partial charge in [-0.25, -0.2) is 4.79 Å². The maximum atomic E-state index is 13.2. The first-order chi connectivity index (χ1) is 15.4. The number of carbonyl (C=O) groups excluding carboxylic acids is 3. The molecule has 3 aromatic carbocycles. The third-order valence-electron chi connectivity index (χ3n) is 6.02. The van der Waals surface area contributed by atoms with Crippen LogP contribution in [0.5, 0.6) is 0 Å². The minimum Gasteiger partial charge on any atom is -0.352 e. The molecule has 6 nitrogen and oxygen atoms in total. The first-order valence-electron chi connectivity index (χ1n) is 10.8. The number of benzene rings is 3. The Balaban J connectivity index is 1.40. The number of imide groups is 1. The van der Waals surface area contributed by atoms with Crippen molar-refractivity contribution >= 4 is 28.6 Å². The summed E-state index contributed by atoms with van der Waals surface area (Å²) in [4.78, 5) is 39.3. The first kappa shape index (κ1) is 21.6. The van der Waals surface area contributed by atoms with Crippen LogP contribution < -0.4 is 10.6 Å². The summed E-state index contributed by atoms with van der Waals surface area (Å²) in [5.74, 6) is -0.776. The minimum absolute atomic E-state index is 0.0738. The molecule has 2 atom stereocenters. The molecule has 1 aliphatic rings. The van der Waals surface area contributed by atoms with E-state index in [1.54, 1.807) is 6.92 Å². The van der Waals surface area contributed by atoms with Gasteiger partial charge in [0, 0.05) is 6.04 Å². The Morgan fingerprint density at radius 2 is 1.69 bits per heavy atom. The SMILES string of the molecule is C[C@@H](CCc1ccccc1)NC(=O)CN1C(=O)N[C@@](C)(c2ccc3ccccc3c2)C1=O. The Hall–Kier alpha value is -3.67. The lowest BCUT2D eigenvalue weighted by molar-refractivity contribution is -0.135. The third-order valence-corrected chi connectivity index (χ3v) is 6.02. The quantitative estimate of drug-likeness (QED) is 0.562. The van der Waals surface area contributed by atoms with E-state index >= 15 is 0 Å². The van der Waals surface area contributed by atoms with Gasteiger partial charge in [0.25, 0.3) is 5.91 Å². The highest BCUT2D eigenvalue weighted by Gasteiger charge is 2.49. The summed E-state index contributed by atoms with van der Waals surface area (Å²) >= 11 is 0. The van der Waals surface area contributed by atoms with Crippen molar-refractivity contribution < 1.29 is 14.4 Å². The molecule has 6 heteroatoms. The van der Waals surface area contributed by atoms with Gasteiger partial charge < -0.3 is 10.6 Å². The fraction of sp³-hybridized carbons (Fsp3) is 0.269. The molecule has 1 heterocycles. The van der Waals surface area contributed by atoms with Crippen LogP contribution in [0.4, 0.5) is 4.79 Å². The van der Waals surface area contributed by atoms with Crippen molar-refractivity contribution in [3.8, 4) is 0 Å². The molecular weight excluding hydrogens is 402 g/mol. The maximum Gasteiger partial charge on any atom is 0.325 e. The summed E-state index contributed by atoms with van der Waals surface area (Å²) in [6.07, 6.45) is 1.61. The molecule has 0 unspecified atom stereocenters. The van der Waals surface area contributed by atoms with Gasteiger partial charge in [-0.05, 0) is 54.7 Å². The number of nitrogens with zero attached hydrogens (tertiary/aromatic N) is 1. The Bertz CT molecular complexity index is 1160. The van der Waals surface area contributed by atoms with Gasteiger partial charge in [0.1, 0.15) is 12.1 Å². The van der Waals surface area contributed by atoms with E-state index in [0.29, 0.717) is 5.56 Å². The molecule has 0 bridgehead atoms. The highest BCUT2D eigenvalue weighted by molar-refractivity contribution is 6.09. The average molecular weight is 430 g/mol. The lowest BCUT2D eigenvalue weighted by Crippen LogP contribution is -2.45. The van der Waals surface area contributed by atoms with Gasteiger partial charge >= 0.3 is 6.03 Å². The Morgan fingerprint density at radius 1 is 1.00 bits per heavy atom. The van der Waals surface area contributed by atoms with Crippen LogP contribution >= 0.6 is 0 Å². The van der Waals surface area contributed by atoms with Crippen molar-refractivity contribution in [1.82, 2.24) is 15.5 Å². The standard InChI is InChI=1S/C26H27N3O3/c1-18(12-13-19-8-4-3-5-9-19)27-23(30)17-29-24(31)26(2,28-25(29)32)22-15-14-20-10-6-7-11-21(20)16-22/h3-11,14-16,18H,12-13,17H2,1-2H3,(H,27,30)(H,28,32)/t18-,26-/m0/s1. The molecule has 32 heavy (non-hydrogen) atoms. The van der Waals surface area contributed by atoms with Crippen LogP contribution in [0.2, 0.25) is 0 Å². The number of carbonyl (C=O) groups is 3. The molecule has 1 fully saturated rings. The van der Waals surface area contributed by atoms with Crippen LogP contribution in [-0.2, 0) is 21.5 Å². The van der Waals surface area contributed by atoms with Gasteiger partial charge in [-0.3, -0.25) is 14.5 Å². The summed E-state index contributed by atoms with van der Waals surface area (Å²) in [5.41, 5.74) is 0.683. The number of amides is 4. The third kappa shape index (κ3) is 4.35. The van der Waals surface area contributed by atoms with E-state index < -0.39 is 17.5 Å². The van der Waals surface area contributed by atoms with Crippen LogP contribution in [0.3, 0.4) is 0 Å². The monoisotopic (exact) mass is 429 g/mol. The summed E-state index contributed by atoms with van der Waals surface area (Å²) in [6.45, 7) is 3.30. The summed E-state index contributed by atoms with van der Waals surface area (Å²) in [6, 6.07) is 22.9. The summed E-state index contributed by atoms with van der Waals surface area (Å²) in [7, 11) is 0. The van der Waals surface area contributed by atoms with E-state index in [-0.39, 0.29) is 18.5 Å². The fourth-order valence-corrected chi connectivity index (χ4v) is 4.10. The number of aryl methyl sites for hydroxylation is 1. The largest absolute Gasteiger partial charge is 0.352 e. The van der Waals surface area contributed by atoms with Crippen molar-refractivity contribution in [2.45, 2.75) is 38.3 Å². The molecule has 0 spiro atoms. The summed E-state index contributed by atoms with van der Waals surface area (Å²) in [5, 5.41) is 7.71. The van der Waals surface area contributed by atoms with E-state index in [0.717, 1.165) is 28.5 Å². The molecule has 0 radical (unpaired) electrons. The van der Waals surface area contributed by atoms with E-state index in [2.05, 4.69) is 22.8 Å². The maximum absolute atomic E-state index is 13.2. The molecule has 4 rings (SSSR count). The molecule has 1 aliphatic heterocycles. The topological polar surface area (TPSA) is 78.5 Å². The van der Waals surface area contributed by atoms with Crippen molar-refractivity contribution in [1.29, 1.82) is 0 Å². The number of urea groups is 1. The van der Waals surface area contributed by atoms with Gasteiger partial charge in [-0.1, -0.05) is 66.7 Å². The van der Waals surface area contributed by atoms with Crippen molar-refractivity contribution in [2.75, 3.05) is 6.54 Å². The second kappa shape index (κ2) is 8.83. The van der Waals surface area contributed by atoms with Gasteiger partial charge in [0.15, 0.2) is 0 Å². The minimum atomic E-state index is -1.21. The fourth-order valence-electron chi connectivity index (χ4n) is 4.10. The Kier molecular flexibility index (Phi) is 5.95. The van der Waals surface area contributed by atoms with Crippen LogP contribution in [0.1, 0.15) is 31.4 Å². The number of rotatable bonds is 7. The van der Waals surface area contributed by atoms with Crippen LogP contribution in [-0.4, -0.2) is 35.3 Å². The molecular formula is C26H27N3O3. The highest BCUT2D eigenvalue weighted by atomic mass is 16.2. The van der Waals surface area contributed by atoms with E-state index in [9.17, 15) is 14.4 Å². The van der Waals surface area contributed by atoms with Crippen LogP contribution in [0.25, 0.3) is 10.8 Å². The van der Waals surface area contributed by atoms with Crippen LogP contribution in [0, 0.1) is 0 Å². The van der Waals surface area contributed by atoms with Gasteiger partial charge in [-0.15, -0.1) is 0 Å². The lowest BCUT2D eigenvalue weighted by Gasteiger charge is -2.23. The average Bonchev–Trinajstić information content (AvgIpc) is 3.02. The Morgan fingerprint density at radius 3 is 2.44 bits per heavy atom. The van der Waals surface area contributed by atoms with Crippen molar-refractivity contribution in [3.05, 3.63) is 83.9 Å². The molecule has 2 N–H and O–H groups in total. The predicted molar refractivity (Wildman–Crippen MR) is 124 cm³/mol. The number of nitrogens with one attached hydrogen (secondary N) is 2.